The molecule has 0 aliphatic carbocycles. The summed E-state index contributed by atoms with van der Waals surface area (Å²) in [6.07, 6.45) is -0.107. The van der Waals surface area contributed by atoms with Gasteiger partial charge in [-0.15, -0.1) is 0 Å². The number of hydrogen-bond acceptors (Lipinski definition) is 3. The van der Waals surface area contributed by atoms with Gasteiger partial charge >= 0.3 is 0 Å². The molecule has 0 bridgehead atoms. The Morgan fingerprint density at radius 1 is 1.29 bits per heavy atom. The van der Waals surface area contributed by atoms with Crippen LogP contribution in [0.25, 0.3) is 10.9 Å². The van der Waals surface area contributed by atoms with Crippen molar-refractivity contribution < 1.29 is 9.47 Å². The van der Waals surface area contributed by atoms with Crippen LogP contribution in [0.5, 0.6) is 0 Å². The fraction of sp³-hybridized carbons (Fsp3) is 0.308. The van der Waals surface area contributed by atoms with Crippen molar-refractivity contribution in [2.75, 3.05) is 6.61 Å². The molecule has 0 saturated carbocycles. The number of nitrogens with zero attached hydrogens (tertiary/aromatic N) is 1. The van der Waals surface area contributed by atoms with Crippen molar-refractivity contribution in [2.24, 2.45) is 0 Å². The van der Waals surface area contributed by atoms with Gasteiger partial charge in [-0.25, -0.2) is 4.98 Å². The number of pyridine rings is 1. The van der Waals surface area contributed by atoms with Crippen LogP contribution >= 0.6 is 11.6 Å². The van der Waals surface area contributed by atoms with Crippen molar-refractivity contribution in [2.45, 2.75) is 19.3 Å². The molecule has 2 unspecified atom stereocenters. The van der Waals surface area contributed by atoms with Crippen LogP contribution in [0.3, 0.4) is 0 Å². The van der Waals surface area contributed by atoms with Gasteiger partial charge < -0.3 is 9.47 Å². The van der Waals surface area contributed by atoms with E-state index in [4.69, 9.17) is 21.1 Å². The van der Waals surface area contributed by atoms with Crippen LogP contribution in [0, 0.1) is 0 Å². The number of ether oxygens (including phenoxy) is 2. The van der Waals surface area contributed by atoms with Gasteiger partial charge in [0, 0.05) is 10.9 Å². The molecule has 1 aliphatic heterocycles. The lowest BCUT2D eigenvalue weighted by atomic mass is 10.1. The number of halogens is 1. The second-order valence-corrected chi connectivity index (χ2v) is 4.59. The summed E-state index contributed by atoms with van der Waals surface area (Å²) >= 11 is 5.84. The molecular weight excluding hydrogens is 238 g/mol. The summed E-state index contributed by atoms with van der Waals surface area (Å²) in [6.45, 7) is 2.64. The molecule has 2 heterocycles. The van der Waals surface area contributed by atoms with Gasteiger partial charge in [0.15, 0.2) is 6.29 Å². The molecule has 0 N–H and O–H groups in total. The monoisotopic (exact) mass is 249 g/mol. The van der Waals surface area contributed by atoms with E-state index in [-0.39, 0.29) is 12.4 Å². The summed E-state index contributed by atoms with van der Waals surface area (Å²) < 4.78 is 11.2. The molecular formula is C13H12ClNO2. The van der Waals surface area contributed by atoms with Gasteiger partial charge in [0.1, 0.15) is 5.15 Å². The largest absolute Gasteiger partial charge is 0.346 e. The predicted molar refractivity (Wildman–Crippen MR) is 66.0 cm³/mol. The van der Waals surface area contributed by atoms with Gasteiger partial charge in [0.25, 0.3) is 0 Å². The van der Waals surface area contributed by atoms with Gasteiger partial charge in [0.05, 0.1) is 18.2 Å². The Labute approximate surface area is 104 Å². The highest BCUT2D eigenvalue weighted by Gasteiger charge is 2.24. The van der Waals surface area contributed by atoms with E-state index >= 15 is 0 Å². The van der Waals surface area contributed by atoms with Gasteiger partial charge in [-0.1, -0.05) is 17.7 Å². The second-order valence-electron chi connectivity index (χ2n) is 4.20. The van der Waals surface area contributed by atoms with Crippen molar-refractivity contribution in [3.05, 3.63) is 41.0 Å². The topological polar surface area (TPSA) is 31.4 Å². The lowest BCUT2D eigenvalue weighted by Gasteiger charge is -2.10. The van der Waals surface area contributed by atoms with E-state index in [0.717, 1.165) is 16.5 Å². The smallest absolute Gasteiger partial charge is 0.184 e. The Balaban J connectivity index is 1.99. The van der Waals surface area contributed by atoms with Crippen LogP contribution in [0.2, 0.25) is 5.15 Å². The zero-order chi connectivity index (χ0) is 11.8. The lowest BCUT2D eigenvalue weighted by Crippen LogP contribution is -2.02. The standard InChI is InChI=1S/C13H12ClNO2/c1-8-7-16-13(17-8)10-2-4-11-9(6-10)3-5-12(14)15-11/h2-6,8,13H,7H2,1H3. The van der Waals surface area contributed by atoms with E-state index in [1.807, 2.05) is 31.2 Å². The van der Waals surface area contributed by atoms with E-state index in [9.17, 15) is 0 Å². The van der Waals surface area contributed by atoms with Crippen LogP contribution in [0.1, 0.15) is 18.8 Å². The summed E-state index contributed by atoms with van der Waals surface area (Å²) in [6, 6.07) is 9.67. The minimum Gasteiger partial charge on any atom is -0.346 e. The van der Waals surface area contributed by atoms with E-state index in [1.54, 1.807) is 6.07 Å². The first kappa shape index (κ1) is 11.0. The van der Waals surface area contributed by atoms with Crippen LogP contribution < -0.4 is 0 Å². The molecule has 3 rings (SSSR count). The Kier molecular flexibility index (Phi) is 2.74. The quantitative estimate of drug-likeness (QED) is 0.727. The molecule has 1 saturated heterocycles. The SMILES string of the molecule is CC1COC(c2ccc3nc(Cl)ccc3c2)O1. The van der Waals surface area contributed by atoms with Crippen molar-refractivity contribution >= 4 is 22.5 Å². The lowest BCUT2D eigenvalue weighted by molar-refractivity contribution is -0.0571. The average molecular weight is 250 g/mol. The molecule has 3 nitrogen and oxygen atoms in total. The molecule has 2 atom stereocenters. The third-order valence-corrected chi connectivity index (χ3v) is 3.00. The summed E-state index contributed by atoms with van der Waals surface area (Å²) in [5.41, 5.74) is 1.90. The van der Waals surface area contributed by atoms with E-state index in [2.05, 4.69) is 4.98 Å². The first-order valence-electron chi connectivity index (χ1n) is 5.55. The van der Waals surface area contributed by atoms with Crippen LogP contribution in [0.15, 0.2) is 30.3 Å². The number of rotatable bonds is 1. The van der Waals surface area contributed by atoms with Crippen LogP contribution in [-0.2, 0) is 9.47 Å². The van der Waals surface area contributed by atoms with Gasteiger partial charge in [-0.05, 0) is 31.2 Å². The Morgan fingerprint density at radius 3 is 2.94 bits per heavy atom. The molecule has 4 heteroatoms. The zero-order valence-corrected chi connectivity index (χ0v) is 10.1. The summed E-state index contributed by atoms with van der Waals surface area (Å²) in [5.74, 6) is 0. The zero-order valence-electron chi connectivity index (χ0n) is 9.39. The molecule has 1 aliphatic rings. The van der Waals surface area contributed by atoms with E-state index in [1.165, 1.54) is 0 Å². The highest BCUT2D eigenvalue weighted by Crippen LogP contribution is 2.28. The molecule has 0 radical (unpaired) electrons. The maximum atomic E-state index is 5.84. The molecule has 0 spiro atoms. The second kappa shape index (κ2) is 4.26. The third-order valence-electron chi connectivity index (χ3n) is 2.79. The molecule has 1 fully saturated rings. The van der Waals surface area contributed by atoms with E-state index < -0.39 is 0 Å². The van der Waals surface area contributed by atoms with Crippen LogP contribution in [-0.4, -0.2) is 17.7 Å². The van der Waals surface area contributed by atoms with Gasteiger partial charge in [0.2, 0.25) is 0 Å². The van der Waals surface area contributed by atoms with Crippen molar-refractivity contribution in [1.29, 1.82) is 0 Å². The highest BCUT2D eigenvalue weighted by molar-refractivity contribution is 6.29. The Hall–Kier alpha value is -1.16. The number of aromatic nitrogens is 1. The van der Waals surface area contributed by atoms with Crippen molar-refractivity contribution in [3.63, 3.8) is 0 Å². The Morgan fingerprint density at radius 2 is 2.18 bits per heavy atom. The maximum absolute atomic E-state index is 5.84. The summed E-state index contributed by atoms with van der Waals surface area (Å²) in [7, 11) is 0. The normalized spacial score (nSPS) is 24.4. The fourth-order valence-corrected chi connectivity index (χ4v) is 2.11. The molecule has 17 heavy (non-hydrogen) atoms. The Bertz CT molecular complexity index is 558. The fourth-order valence-electron chi connectivity index (χ4n) is 1.95. The highest BCUT2D eigenvalue weighted by atomic mass is 35.5. The number of fused-ring (bicyclic) bond motifs is 1. The summed E-state index contributed by atoms with van der Waals surface area (Å²) in [5, 5.41) is 1.55. The maximum Gasteiger partial charge on any atom is 0.184 e. The number of hydrogen-bond donors (Lipinski definition) is 0. The molecule has 1 aromatic carbocycles. The molecule has 88 valence electrons. The number of benzene rings is 1. The van der Waals surface area contributed by atoms with Crippen molar-refractivity contribution in [1.82, 2.24) is 4.98 Å². The summed E-state index contributed by atoms with van der Waals surface area (Å²) in [4.78, 5) is 4.24. The first-order chi connectivity index (χ1) is 8.22. The molecule has 1 aromatic heterocycles. The average Bonchev–Trinajstić information content (AvgIpc) is 2.75. The van der Waals surface area contributed by atoms with Crippen molar-refractivity contribution in [3.8, 4) is 0 Å². The minimum atomic E-state index is -0.259. The predicted octanol–water partition coefficient (Wildman–Crippen LogP) is 3.32. The molecule has 0 amide bonds. The molecule has 2 aromatic rings. The van der Waals surface area contributed by atoms with Gasteiger partial charge in [-0.2, -0.15) is 0 Å². The van der Waals surface area contributed by atoms with Crippen LogP contribution in [0.4, 0.5) is 0 Å². The third kappa shape index (κ3) is 2.14. The van der Waals surface area contributed by atoms with Gasteiger partial charge in [-0.3, -0.25) is 0 Å². The van der Waals surface area contributed by atoms with E-state index in [0.29, 0.717) is 11.8 Å². The first-order valence-corrected chi connectivity index (χ1v) is 5.93. The minimum absolute atomic E-state index is 0.152.